The number of fused-ring (bicyclic) bond motifs is 1. The van der Waals surface area contributed by atoms with Crippen LogP contribution in [0.4, 0.5) is 11.4 Å². The van der Waals surface area contributed by atoms with Gasteiger partial charge in [0.25, 0.3) is 11.8 Å². The highest BCUT2D eigenvalue weighted by Gasteiger charge is 2.38. The summed E-state index contributed by atoms with van der Waals surface area (Å²) in [6, 6.07) is 11.8. The van der Waals surface area contributed by atoms with Gasteiger partial charge in [0.15, 0.2) is 5.11 Å². The first kappa shape index (κ1) is 25.9. The second-order valence-electron chi connectivity index (χ2n) is 10.5. The number of amides is 2. The maximum absolute atomic E-state index is 13.5. The van der Waals surface area contributed by atoms with E-state index in [1.807, 2.05) is 13.8 Å². The zero-order valence-electron chi connectivity index (χ0n) is 22.1. The number of aryl methyl sites for hydroxylation is 1. The van der Waals surface area contributed by atoms with Crippen LogP contribution in [0.3, 0.4) is 0 Å². The van der Waals surface area contributed by atoms with Gasteiger partial charge in [-0.25, -0.2) is 0 Å². The van der Waals surface area contributed by atoms with Crippen LogP contribution >= 0.6 is 12.2 Å². The average molecular weight is 506 g/mol. The number of hydrogen-bond donors (Lipinski definition) is 1. The van der Waals surface area contributed by atoms with E-state index in [0.717, 1.165) is 17.5 Å². The van der Waals surface area contributed by atoms with Crippen molar-refractivity contribution < 1.29 is 14.3 Å². The number of benzene rings is 2. The number of carbonyl (C=O) groups excluding carboxylic acids is 2. The Morgan fingerprint density at radius 2 is 1.86 bits per heavy atom. The summed E-state index contributed by atoms with van der Waals surface area (Å²) in [7, 11) is 0. The van der Waals surface area contributed by atoms with Crippen molar-refractivity contribution in [1.29, 1.82) is 0 Å². The standard InChI is InChI=1S/C29H35N3O3S/c1-8-35-22-11-9-21(10-12-22)31-27(34)24(26(33)30-28(31)36)15-20-14-23-19(5)16-29(6,7)32(17(2)3)25(23)13-18(20)4/h9-15,17,19H,8,16H2,1-7H3,(H,30,33,36)/b24-15+. The van der Waals surface area contributed by atoms with Crippen molar-refractivity contribution in [3.8, 4) is 5.75 Å². The maximum Gasteiger partial charge on any atom is 0.270 e. The molecule has 1 fully saturated rings. The van der Waals surface area contributed by atoms with Gasteiger partial charge in [-0.15, -0.1) is 0 Å². The molecular formula is C29H35N3O3S. The molecule has 36 heavy (non-hydrogen) atoms. The van der Waals surface area contributed by atoms with Crippen molar-refractivity contribution in [3.05, 3.63) is 58.7 Å². The number of hydrogen-bond acceptors (Lipinski definition) is 5. The van der Waals surface area contributed by atoms with Gasteiger partial charge in [0.05, 0.1) is 12.3 Å². The first-order valence-corrected chi connectivity index (χ1v) is 12.9. The number of anilines is 2. The van der Waals surface area contributed by atoms with Crippen molar-refractivity contribution in [2.75, 3.05) is 16.4 Å². The average Bonchev–Trinajstić information content (AvgIpc) is 2.77. The van der Waals surface area contributed by atoms with E-state index in [9.17, 15) is 9.59 Å². The van der Waals surface area contributed by atoms with Crippen LogP contribution in [0.1, 0.15) is 70.6 Å². The maximum atomic E-state index is 13.5. The smallest absolute Gasteiger partial charge is 0.270 e. The van der Waals surface area contributed by atoms with Crippen LogP contribution in [-0.2, 0) is 9.59 Å². The highest BCUT2D eigenvalue weighted by Crippen LogP contribution is 2.45. The summed E-state index contributed by atoms with van der Waals surface area (Å²) in [4.78, 5) is 30.2. The third-order valence-corrected chi connectivity index (χ3v) is 7.27. The Hall–Kier alpha value is -3.19. The van der Waals surface area contributed by atoms with Crippen molar-refractivity contribution in [3.63, 3.8) is 0 Å². The van der Waals surface area contributed by atoms with Gasteiger partial charge in [0.1, 0.15) is 11.3 Å². The number of nitrogens with zero attached hydrogens (tertiary/aromatic N) is 2. The molecule has 190 valence electrons. The molecular weight excluding hydrogens is 470 g/mol. The van der Waals surface area contributed by atoms with E-state index in [4.69, 9.17) is 17.0 Å². The van der Waals surface area contributed by atoms with Gasteiger partial charge < -0.3 is 9.64 Å². The molecule has 2 aliphatic heterocycles. The molecule has 1 atom stereocenters. The summed E-state index contributed by atoms with van der Waals surface area (Å²) in [5.74, 6) is 0.130. The quantitative estimate of drug-likeness (QED) is 0.320. The minimum absolute atomic E-state index is 0.0418. The van der Waals surface area contributed by atoms with E-state index in [2.05, 4.69) is 57.0 Å². The predicted octanol–water partition coefficient (Wildman–Crippen LogP) is 5.73. The Morgan fingerprint density at radius 1 is 1.19 bits per heavy atom. The molecule has 0 bridgehead atoms. The topological polar surface area (TPSA) is 61.9 Å². The van der Waals surface area contributed by atoms with Crippen LogP contribution in [0, 0.1) is 6.92 Å². The van der Waals surface area contributed by atoms with Gasteiger partial charge in [0, 0.05) is 17.3 Å². The predicted molar refractivity (Wildman–Crippen MR) is 150 cm³/mol. The summed E-state index contributed by atoms with van der Waals surface area (Å²) < 4.78 is 5.50. The zero-order valence-corrected chi connectivity index (χ0v) is 23.0. The van der Waals surface area contributed by atoms with Crippen molar-refractivity contribution in [1.82, 2.24) is 5.32 Å². The molecule has 7 heteroatoms. The molecule has 1 saturated heterocycles. The van der Waals surface area contributed by atoms with Gasteiger partial charge in [-0.05, 0) is 125 Å². The molecule has 0 aromatic heterocycles. The molecule has 2 aromatic carbocycles. The van der Waals surface area contributed by atoms with E-state index >= 15 is 0 Å². The van der Waals surface area contributed by atoms with Crippen LogP contribution in [-0.4, -0.2) is 35.1 Å². The second-order valence-corrected chi connectivity index (χ2v) is 10.9. The Morgan fingerprint density at radius 3 is 2.47 bits per heavy atom. The molecule has 2 aliphatic rings. The van der Waals surface area contributed by atoms with Crippen LogP contribution in [0.2, 0.25) is 0 Å². The Kier molecular flexibility index (Phi) is 6.97. The van der Waals surface area contributed by atoms with Crippen LogP contribution in [0.15, 0.2) is 42.0 Å². The van der Waals surface area contributed by atoms with E-state index < -0.39 is 11.8 Å². The highest BCUT2D eigenvalue weighted by atomic mass is 32.1. The van der Waals surface area contributed by atoms with Crippen LogP contribution in [0.5, 0.6) is 5.75 Å². The van der Waals surface area contributed by atoms with Crippen molar-refractivity contribution in [2.45, 2.75) is 72.4 Å². The Balaban J connectivity index is 1.74. The summed E-state index contributed by atoms with van der Waals surface area (Å²) in [5.41, 5.74) is 5.02. The normalized spacial score (nSPS) is 20.6. The summed E-state index contributed by atoms with van der Waals surface area (Å²) in [6.07, 6.45) is 2.72. The molecule has 2 heterocycles. The highest BCUT2D eigenvalue weighted by molar-refractivity contribution is 7.80. The number of carbonyl (C=O) groups is 2. The molecule has 0 radical (unpaired) electrons. The molecule has 4 rings (SSSR count). The van der Waals surface area contributed by atoms with Gasteiger partial charge >= 0.3 is 0 Å². The molecule has 1 N–H and O–H groups in total. The number of nitrogens with one attached hydrogen (secondary N) is 1. The molecule has 6 nitrogen and oxygen atoms in total. The number of ether oxygens (including phenoxy) is 1. The lowest BCUT2D eigenvalue weighted by molar-refractivity contribution is -0.122. The molecule has 0 spiro atoms. The molecule has 0 saturated carbocycles. The summed E-state index contributed by atoms with van der Waals surface area (Å²) in [5, 5.41) is 2.75. The van der Waals surface area contributed by atoms with E-state index in [1.54, 1.807) is 30.3 Å². The fourth-order valence-corrected chi connectivity index (χ4v) is 5.93. The molecule has 2 amide bonds. The van der Waals surface area contributed by atoms with Crippen molar-refractivity contribution >= 4 is 46.6 Å². The number of rotatable bonds is 5. The molecule has 1 unspecified atom stereocenters. The van der Waals surface area contributed by atoms with E-state index in [0.29, 0.717) is 30.0 Å². The lowest BCUT2D eigenvalue weighted by Crippen LogP contribution is -2.54. The number of thiocarbonyl (C=S) groups is 1. The first-order valence-electron chi connectivity index (χ1n) is 12.5. The van der Waals surface area contributed by atoms with Crippen LogP contribution in [0.25, 0.3) is 6.08 Å². The third kappa shape index (κ3) is 4.64. The SMILES string of the molecule is CCOc1ccc(N2C(=O)/C(=C/c3cc4c(cc3C)N(C(C)C)C(C)(C)CC4C)C(=O)NC2=S)cc1. The fraction of sp³-hybridized carbons (Fsp3) is 0.414. The van der Waals surface area contributed by atoms with Crippen molar-refractivity contribution in [2.24, 2.45) is 0 Å². The first-order chi connectivity index (χ1) is 16.9. The lowest BCUT2D eigenvalue weighted by Gasteiger charge is -2.50. The summed E-state index contributed by atoms with van der Waals surface area (Å²) >= 11 is 5.35. The van der Waals surface area contributed by atoms with Gasteiger partial charge in [0.2, 0.25) is 0 Å². The zero-order chi connectivity index (χ0) is 26.4. The minimum atomic E-state index is -0.484. The Bertz CT molecular complexity index is 1250. The lowest BCUT2D eigenvalue weighted by atomic mass is 9.78. The van der Waals surface area contributed by atoms with Crippen LogP contribution < -0.4 is 19.9 Å². The molecule has 0 aliphatic carbocycles. The summed E-state index contributed by atoms with van der Waals surface area (Å²) in [6.45, 7) is 15.8. The monoisotopic (exact) mass is 505 g/mol. The van der Waals surface area contributed by atoms with Gasteiger partial charge in [-0.2, -0.15) is 0 Å². The largest absolute Gasteiger partial charge is 0.494 e. The minimum Gasteiger partial charge on any atom is -0.494 e. The van der Waals surface area contributed by atoms with Gasteiger partial charge in [-0.3, -0.25) is 19.8 Å². The third-order valence-electron chi connectivity index (χ3n) is 6.99. The second kappa shape index (κ2) is 9.69. The van der Waals surface area contributed by atoms with E-state index in [1.165, 1.54) is 16.2 Å². The fourth-order valence-electron chi connectivity index (χ4n) is 5.65. The van der Waals surface area contributed by atoms with Gasteiger partial charge in [-0.1, -0.05) is 6.92 Å². The van der Waals surface area contributed by atoms with E-state index in [-0.39, 0.29) is 16.2 Å². The molecule has 2 aromatic rings. The Labute approximate surface area is 219 Å².